The van der Waals surface area contributed by atoms with Crippen LogP contribution >= 0.6 is 11.6 Å². The lowest BCUT2D eigenvalue weighted by atomic mass is 9.72. The number of likely N-dealkylation sites (tertiary alicyclic amines) is 1. The van der Waals surface area contributed by atoms with E-state index in [9.17, 15) is 4.79 Å². The van der Waals surface area contributed by atoms with Gasteiger partial charge in [0.25, 0.3) is 0 Å². The van der Waals surface area contributed by atoms with Crippen molar-refractivity contribution >= 4 is 17.5 Å². The fourth-order valence-electron chi connectivity index (χ4n) is 4.72. The number of hydrogen-bond donors (Lipinski definition) is 1. The largest absolute Gasteiger partial charge is 0.356 e. The van der Waals surface area contributed by atoms with Crippen molar-refractivity contribution in [2.45, 2.75) is 32.7 Å². The van der Waals surface area contributed by atoms with Crippen LogP contribution in [0.25, 0.3) is 11.1 Å². The van der Waals surface area contributed by atoms with Crippen LogP contribution in [0.4, 0.5) is 0 Å². The summed E-state index contributed by atoms with van der Waals surface area (Å²) in [5.74, 6) is 0.173. The zero-order valence-corrected chi connectivity index (χ0v) is 19.3. The quantitative estimate of drug-likeness (QED) is 0.530. The SMILES string of the molecule is CCNC(=O)C1(Cc2ccccc2-c2ccncc2)CCN(Cc2cccc(Cl)c2)CC1. The molecule has 1 N–H and O–H groups in total. The standard InChI is InChI=1S/C27H30ClN3O/c1-2-30-26(32)27(12-16-31(17-13-27)20-21-6-5-8-24(28)18-21)19-23-7-3-4-9-25(23)22-10-14-29-15-11-22/h3-11,14-15,18H,2,12-13,16-17,19-20H2,1H3,(H,30,32). The fraction of sp³-hybridized carbons (Fsp3) is 0.333. The van der Waals surface area contributed by atoms with E-state index in [2.05, 4.69) is 45.5 Å². The molecule has 1 aromatic heterocycles. The van der Waals surface area contributed by atoms with Gasteiger partial charge >= 0.3 is 0 Å². The Kier molecular flexibility index (Phi) is 7.23. The number of carbonyl (C=O) groups is 1. The van der Waals surface area contributed by atoms with Gasteiger partial charge in [-0.2, -0.15) is 0 Å². The minimum Gasteiger partial charge on any atom is -0.356 e. The van der Waals surface area contributed by atoms with Crippen LogP contribution in [0.15, 0.2) is 73.1 Å². The number of rotatable bonds is 7. The highest BCUT2D eigenvalue weighted by Gasteiger charge is 2.41. The first-order valence-corrected chi connectivity index (χ1v) is 11.7. The summed E-state index contributed by atoms with van der Waals surface area (Å²) < 4.78 is 0. The topological polar surface area (TPSA) is 45.2 Å². The van der Waals surface area contributed by atoms with Gasteiger partial charge in [-0.25, -0.2) is 0 Å². The normalized spacial score (nSPS) is 15.9. The minimum atomic E-state index is -0.399. The Labute approximate surface area is 195 Å². The highest BCUT2D eigenvalue weighted by molar-refractivity contribution is 6.30. The molecule has 4 rings (SSSR count). The van der Waals surface area contributed by atoms with Crippen LogP contribution in [0, 0.1) is 5.41 Å². The highest BCUT2D eigenvalue weighted by Crippen LogP contribution is 2.38. The molecule has 0 unspecified atom stereocenters. The molecule has 5 heteroatoms. The molecule has 0 aliphatic carbocycles. The maximum absolute atomic E-state index is 13.3. The molecular formula is C27H30ClN3O. The molecular weight excluding hydrogens is 418 g/mol. The molecule has 166 valence electrons. The Hall–Kier alpha value is -2.69. The first-order chi connectivity index (χ1) is 15.6. The van der Waals surface area contributed by atoms with Gasteiger partial charge in [0.1, 0.15) is 0 Å². The summed E-state index contributed by atoms with van der Waals surface area (Å²) in [4.78, 5) is 19.9. The summed E-state index contributed by atoms with van der Waals surface area (Å²) in [6.45, 7) is 5.28. The summed E-state index contributed by atoms with van der Waals surface area (Å²) in [6.07, 6.45) is 6.05. The van der Waals surface area contributed by atoms with Gasteiger partial charge in [-0.1, -0.05) is 48.0 Å². The number of nitrogens with one attached hydrogen (secondary N) is 1. The number of pyridine rings is 1. The average Bonchev–Trinajstić information content (AvgIpc) is 2.81. The van der Waals surface area contributed by atoms with Crippen LogP contribution in [-0.4, -0.2) is 35.4 Å². The van der Waals surface area contributed by atoms with Crippen molar-refractivity contribution in [1.29, 1.82) is 0 Å². The molecule has 0 atom stereocenters. The maximum Gasteiger partial charge on any atom is 0.226 e. The number of hydrogen-bond acceptors (Lipinski definition) is 3. The second-order valence-electron chi connectivity index (χ2n) is 8.62. The van der Waals surface area contributed by atoms with Crippen LogP contribution in [0.5, 0.6) is 0 Å². The molecule has 0 radical (unpaired) electrons. The molecule has 1 saturated heterocycles. The number of benzene rings is 2. The van der Waals surface area contributed by atoms with Crippen molar-refractivity contribution in [1.82, 2.24) is 15.2 Å². The van der Waals surface area contributed by atoms with Crippen molar-refractivity contribution in [2.24, 2.45) is 5.41 Å². The van der Waals surface area contributed by atoms with Crippen molar-refractivity contribution in [3.63, 3.8) is 0 Å². The van der Waals surface area contributed by atoms with E-state index in [1.165, 1.54) is 16.7 Å². The molecule has 0 spiro atoms. The zero-order chi connectivity index (χ0) is 22.4. The molecule has 0 saturated carbocycles. The lowest BCUT2D eigenvalue weighted by Crippen LogP contribution is -2.49. The fourth-order valence-corrected chi connectivity index (χ4v) is 4.93. The summed E-state index contributed by atoms with van der Waals surface area (Å²) in [5.41, 5.74) is 4.35. The Morgan fingerprint density at radius 1 is 1.06 bits per heavy atom. The number of carbonyl (C=O) groups excluding carboxylic acids is 1. The minimum absolute atomic E-state index is 0.173. The number of nitrogens with zero attached hydrogens (tertiary/aromatic N) is 2. The Balaban J connectivity index is 1.55. The van der Waals surface area contributed by atoms with E-state index >= 15 is 0 Å². The van der Waals surface area contributed by atoms with E-state index in [1.54, 1.807) is 0 Å². The first kappa shape index (κ1) is 22.5. The van der Waals surface area contributed by atoms with E-state index < -0.39 is 5.41 Å². The van der Waals surface area contributed by atoms with Crippen molar-refractivity contribution < 1.29 is 4.79 Å². The summed E-state index contributed by atoms with van der Waals surface area (Å²) in [7, 11) is 0. The van der Waals surface area contributed by atoms with Gasteiger partial charge < -0.3 is 5.32 Å². The van der Waals surface area contributed by atoms with Gasteiger partial charge in [0.2, 0.25) is 5.91 Å². The smallest absolute Gasteiger partial charge is 0.226 e. The maximum atomic E-state index is 13.3. The molecule has 1 aliphatic heterocycles. The predicted octanol–water partition coefficient (Wildman–Crippen LogP) is 5.36. The molecule has 0 bridgehead atoms. The third-order valence-electron chi connectivity index (χ3n) is 6.46. The zero-order valence-electron chi connectivity index (χ0n) is 18.6. The Bertz CT molecular complexity index is 1050. The lowest BCUT2D eigenvalue weighted by molar-refractivity contribution is -0.134. The van der Waals surface area contributed by atoms with E-state index in [4.69, 9.17) is 11.6 Å². The Morgan fingerprint density at radius 2 is 1.81 bits per heavy atom. The van der Waals surface area contributed by atoms with Gasteiger partial charge in [0, 0.05) is 30.5 Å². The predicted molar refractivity (Wildman–Crippen MR) is 130 cm³/mol. The Morgan fingerprint density at radius 3 is 2.53 bits per heavy atom. The average molecular weight is 448 g/mol. The van der Waals surface area contributed by atoms with E-state index in [0.29, 0.717) is 6.54 Å². The van der Waals surface area contributed by atoms with E-state index in [0.717, 1.165) is 49.5 Å². The summed E-state index contributed by atoms with van der Waals surface area (Å²) >= 11 is 6.16. The van der Waals surface area contributed by atoms with Crippen molar-refractivity contribution in [3.05, 3.63) is 89.2 Å². The molecule has 1 amide bonds. The van der Waals surface area contributed by atoms with Crippen LogP contribution < -0.4 is 5.32 Å². The molecule has 3 aromatic rings. The van der Waals surface area contributed by atoms with Gasteiger partial charge in [-0.3, -0.25) is 14.7 Å². The third-order valence-corrected chi connectivity index (χ3v) is 6.70. The molecule has 32 heavy (non-hydrogen) atoms. The number of aromatic nitrogens is 1. The number of amides is 1. The third kappa shape index (κ3) is 5.20. The van der Waals surface area contributed by atoms with Gasteiger partial charge in [0.05, 0.1) is 5.41 Å². The molecule has 4 nitrogen and oxygen atoms in total. The van der Waals surface area contributed by atoms with Crippen LogP contribution in [0.3, 0.4) is 0 Å². The number of halogens is 1. The van der Waals surface area contributed by atoms with Gasteiger partial charge in [-0.15, -0.1) is 0 Å². The van der Waals surface area contributed by atoms with Crippen LogP contribution in [0.2, 0.25) is 5.02 Å². The molecule has 2 aromatic carbocycles. The molecule has 1 aliphatic rings. The van der Waals surface area contributed by atoms with Crippen molar-refractivity contribution in [3.8, 4) is 11.1 Å². The second-order valence-corrected chi connectivity index (χ2v) is 9.05. The highest BCUT2D eigenvalue weighted by atomic mass is 35.5. The van der Waals surface area contributed by atoms with Crippen molar-refractivity contribution in [2.75, 3.05) is 19.6 Å². The van der Waals surface area contributed by atoms with Gasteiger partial charge in [-0.05, 0) is 85.8 Å². The van der Waals surface area contributed by atoms with E-state index in [1.807, 2.05) is 49.6 Å². The summed E-state index contributed by atoms with van der Waals surface area (Å²) in [6, 6.07) is 20.5. The molecule has 1 fully saturated rings. The van der Waals surface area contributed by atoms with Crippen LogP contribution in [-0.2, 0) is 17.8 Å². The summed E-state index contributed by atoms with van der Waals surface area (Å²) in [5, 5.41) is 3.89. The second kappa shape index (κ2) is 10.3. The van der Waals surface area contributed by atoms with Gasteiger partial charge in [0.15, 0.2) is 0 Å². The number of piperidine rings is 1. The first-order valence-electron chi connectivity index (χ1n) is 11.3. The van der Waals surface area contributed by atoms with Crippen LogP contribution in [0.1, 0.15) is 30.9 Å². The van der Waals surface area contributed by atoms with E-state index in [-0.39, 0.29) is 5.91 Å². The lowest BCUT2D eigenvalue weighted by Gasteiger charge is -2.41. The monoisotopic (exact) mass is 447 g/mol. The molecule has 2 heterocycles.